The van der Waals surface area contributed by atoms with Crippen LogP contribution in [0.15, 0.2) is 72.8 Å². The first-order valence-corrected chi connectivity index (χ1v) is 20.4. The van der Waals surface area contributed by atoms with Crippen LogP contribution in [0.1, 0.15) is 79.2 Å². The van der Waals surface area contributed by atoms with Gasteiger partial charge in [0.05, 0.1) is 23.2 Å². The van der Waals surface area contributed by atoms with Gasteiger partial charge in [-0.05, 0) is 128 Å². The lowest BCUT2D eigenvalue weighted by atomic mass is 9.40. The molecule has 0 radical (unpaired) electrons. The molecule has 5 fully saturated rings. The summed E-state index contributed by atoms with van der Waals surface area (Å²) in [5.41, 5.74) is 4.14. The van der Waals surface area contributed by atoms with Gasteiger partial charge in [0.25, 0.3) is 0 Å². The number of ether oxygens (including phenoxy) is 1. The van der Waals surface area contributed by atoms with Gasteiger partial charge in [0.15, 0.2) is 23.0 Å². The predicted molar refractivity (Wildman–Crippen MR) is 212 cm³/mol. The van der Waals surface area contributed by atoms with Gasteiger partial charge < -0.3 is 40.7 Å². The number of nitrogens with one attached hydrogen (secondary N) is 1. The molecule has 8 nitrogen and oxygen atoms in total. The largest absolute Gasteiger partial charge is 0.507 e. The van der Waals surface area contributed by atoms with Gasteiger partial charge in [-0.3, -0.25) is 0 Å². The first-order valence-electron chi connectivity index (χ1n) is 20.4. The van der Waals surface area contributed by atoms with E-state index in [1.807, 2.05) is 0 Å². The molecule has 4 aliphatic carbocycles. The molecule has 4 bridgehead atoms. The zero-order valence-corrected chi connectivity index (χ0v) is 31.1. The fourth-order valence-corrected chi connectivity index (χ4v) is 12.8. The van der Waals surface area contributed by atoms with Crippen LogP contribution >= 0.6 is 0 Å². The Morgan fingerprint density at radius 1 is 0.745 bits per heavy atom. The van der Waals surface area contributed by atoms with Crippen LogP contribution in [0.25, 0.3) is 22.9 Å². The van der Waals surface area contributed by atoms with Crippen molar-refractivity contribution in [3.05, 3.63) is 101 Å². The van der Waals surface area contributed by atoms with Crippen molar-refractivity contribution in [2.45, 2.75) is 94.6 Å². The Kier molecular flexibility index (Phi) is 8.29. The van der Waals surface area contributed by atoms with Crippen LogP contribution in [0.4, 0.5) is 0 Å². The normalized spacial score (nSPS) is 34.3. The monoisotopic (exact) mass is 741 g/mol. The number of phenolic OH excluding ortho intramolecular Hbond substituents is 5. The van der Waals surface area contributed by atoms with Crippen molar-refractivity contribution in [3.8, 4) is 28.7 Å². The third-order valence-electron chi connectivity index (χ3n) is 15.1. The standard InChI is InChI=1S/C47H51NO7/c49-32-22-31-13-16-36-38(23-42-30-12-11-29-18-19-46(31,24-32)47(36,55-42)37(29)21-30)48-25-28-6-4-26(5-7-28)8-15-35-33(14-9-27-10-17-39(50)41(52)20-27)34-2-1-3-40(51)43(34)45(54)44(35)53/h1-7,9-12,14,17,20,29-32,36-38,42,48-54H,8,13,15-16,18-19,21-25H2. The van der Waals surface area contributed by atoms with E-state index in [9.17, 15) is 30.6 Å². The number of fused-ring (bicyclic) bond motifs is 4. The van der Waals surface area contributed by atoms with Crippen molar-refractivity contribution in [1.29, 1.82) is 0 Å². The molecular weight excluding hydrogens is 691 g/mol. The SMILES string of the molecule is Oc1ccc(C=Cc2c(CCc3ccc(CNC4CC5OC67C8CC5C=CC8CCC65CC(O)CC5CCC47)cc3)c(O)c(O)c3c(O)cccc23)cc1O. The lowest BCUT2D eigenvalue weighted by molar-refractivity contribution is -0.336. The van der Waals surface area contributed by atoms with Gasteiger partial charge in [-0.25, -0.2) is 0 Å². The molecule has 0 amide bonds. The molecule has 3 saturated carbocycles. The first-order chi connectivity index (χ1) is 26.6. The van der Waals surface area contributed by atoms with Crippen molar-refractivity contribution >= 4 is 22.9 Å². The Morgan fingerprint density at radius 2 is 1.56 bits per heavy atom. The molecule has 10 rings (SSSR count). The van der Waals surface area contributed by atoms with Crippen molar-refractivity contribution in [2.75, 3.05) is 0 Å². The molecular formula is C47H51NO7. The molecule has 6 aliphatic rings. The summed E-state index contributed by atoms with van der Waals surface area (Å²) in [6.07, 6.45) is 18.6. The number of allylic oxidation sites excluding steroid dienone is 1. The first kappa shape index (κ1) is 35.0. The summed E-state index contributed by atoms with van der Waals surface area (Å²) in [4.78, 5) is 0. The number of aryl methyl sites for hydroxylation is 1. The lowest BCUT2D eigenvalue weighted by Gasteiger charge is -2.73. The van der Waals surface area contributed by atoms with E-state index in [0.29, 0.717) is 70.5 Å². The Balaban J connectivity index is 0.881. The van der Waals surface area contributed by atoms with E-state index in [-0.39, 0.29) is 57.4 Å². The maximum absolute atomic E-state index is 11.3. The van der Waals surface area contributed by atoms with Gasteiger partial charge in [-0.1, -0.05) is 66.8 Å². The van der Waals surface area contributed by atoms with Crippen molar-refractivity contribution in [3.63, 3.8) is 0 Å². The van der Waals surface area contributed by atoms with Gasteiger partial charge >= 0.3 is 0 Å². The molecule has 55 heavy (non-hydrogen) atoms. The van der Waals surface area contributed by atoms with Gasteiger partial charge in [-0.2, -0.15) is 0 Å². The minimum absolute atomic E-state index is 0.105. The maximum Gasteiger partial charge on any atom is 0.169 e. The minimum atomic E-state index is -0.354. The number of rotatable bonds is 8. The zero-order chi connectivity index (χ0) is 37.6. The highest BCUT2D eigenvalue weighted by atomic mass is 16.5. The molecule has 10 unspecified atom stereocenters. The van der Waals surface area contributed by atoms with Crippen LogP contribution < -0.4 is 5.32 Å². The molecule has 4 aromatic rings. The molecule has 2 aliphatic heterocycles. The summed E-state index contributed by atoms with van der Waals surface area (Å²) >= 11 is 0. The summed E-state index contributed by atoms with van der Waals surface area (Å²) < 4.78 is 7.46. The van der Waals surface area contributed by atoms with Crippen LogP contribution in [0.3, 0.4) is 0 Å². The third kappa shape index (κ3) is 5.35. The highest BCUT2D eigenvalue weighted by molar-refractivity contribution is 6.03. The highest BCUT2D eigenvalue weighted by Crippen LogP contribution is 2.73. The fourth-order valence-electron chi connectivity index (χ4n) is 12.8. The molecule has 2 heterocycles. The molecule has 4 aromatic carbocycles. The Labute approximate surface area is 321 Å². The molecule has 7 N–H and O–H groups in total. The maximum atomic E-state index is 11.3. The molecule has 0 aromatic heterocycles. The average Bonchev–Trinajstić information content (AvgIpc) is 3.53. The van der Waals surface area contributed by atoms with Crippen LogP contribution in [0, 0.1) is 35.0 Å². The number of benzene rings is 4. The quantitative estimate of drug-likeness (QED) is 0.0546. The Hall–Kier alpha value is -4.50. The number of aliphatic hydroxyl groups is 1. The Bertz CT molecular complexity index is 2210. The second kappa shape index (κ2) is 13.0. The van der Waals surface area contributed by atoms with Crippen molar-refractivity contribution in [1.82, 2.24) is 5.32 Å². The van der Waals surface area contributed by atoms with E-state index in [1.165, 1.54) is 55.9 Å². The number of hydrogen-bond acceptors (Lipinski definition) is 8. The van der Waals surface area contributed by atoms with E-state index in [0.717, 1.165) is 31.4 Å². The smallest absolute Gasteiger partial charge is 0.169 e. The van der Waals surface area contributed by atoms with E-state index in [2.05, 4.69) is 41.7 Å². The van der Waals surface area contributed by atoms with E-state index in [1.54, 1.807) is 30.4 Å². The zero-order valence-electron chi connectivity index (χ0n) is 31.1. The summed E-state index contributed by atoms with van der Waals surface area (Å²) in [6, 6.07) is 18.6. The molecule has 2 spiro atoms. The molecule has 8 heteroatoms. The van der Waals surface area contributed by atoms with E-state index < -0.39 is 0 Å². The summed E-state index contributed by atoms with van der Waals surface area (Å²) in [7, 11) is 0. The topological polar surface area (TPSA) is 143 Å². The molecule has 286 valence electrons. The predicted octanol–water partition coefficient (Wildman–Crippen LogP) is 8.09. The second-order valence-electron chi connectivity index (χ2n) is 17.6. The van der Waals surface area contributed by atoms with Gasteiger partial charge in [0.2, 0.25) is 0 Å². The van der Waals surface area contributed by atoms with Crippen molar-refractivity contribution in [2.24, 2.45) is 35.0 Å². The fraction of sp³-hybridized carbons (Fsp3) is 0.447. The van der Waals surface area contributed by atoms with Gasteiger partial charge in [0.1, 0.15) is 5.75 Å². The van der Waals surface area contributed by atoms with Crippen LogP contribution in [0.5, 0.6) is 28.7 Å². The summed E-state index contributed by atoms with van der Waals surface area (Å²) in [5, 5.41) is 68.6. The average molecular weight is 742 g/mol. The number of aliphatic hydroxyl groups excluding tert-OH is 1. The number of aromatic hydroxyl groups is 5. The minimum Gasteiger partial charge on any atom is -0.507 e. The van der Waals surface area contributed by atoms with Crippen molar-refractivity contribution < 1.29 is 35.4 Å². The van der Waals surface area contributed by atoms with E-state index >= 15 is 0 Å². The summed E-state index contributed by atoms with van der Waals surface area (Å²) in [6.45, 7) is 0.780. The van der Waals surface area contributed by atoms with Crippen LogP contribution in [-0.4, -0.2) is 54.5 Å². The highest BCUT2D eigenvalue weighted by Gasteiger charge is 2.74. The van der Waals surface area contributed by atoms with E-state index in [4.69, 9.17) is 4.74 Å². The lowest BCUT2D eigenvalue weighted by Crippen LogP contribution is -2.76. The second-order valence-corrected chi connectivity index (χ2v) is 17.6. The molecule has 2 saturated heterocycles. The number of hydrogen-bond donors (Lipinski definition) is 7. The van der Waals surface area contributed by atoms with Crippen LogP contribution in [-0.2, 0) is 24.1 Å². The molecule has 10 atom stereocenters. The third-order valence-corrected chi connectivity index (χ3v) is 15.1. The number of phenols is 5. The summed E-state index contributed by atoms with van der Waals surface area (Å²) in [5.74, 6) is 1.48. The van der Waals surface area contributed by atoms with Gasteiger partial charge in [0, 0.05) is 35.4 Å². The van der Waals surface area contributed by atoms with Crippen LogP contribution in [0.2, 0.25) is 0 Å². The van der Waals surface area contributed by atoms with Gasteiger partial charge in [-0.15, -0.1) is 0 Å². The Morgan fingerprint density at radius 3 is 2.40 bits per heavy atom.